The zero-order valence-corrected chi connectivity index (χ0v) is 21.9. The highest BCUT2D eigenvalue weighted by Crippen LogP contribution is 2.33. The standard InChI is InChI=1S/C29H52O3/c1-8-27-19-18-23(4)25(6)29(27)32-28(20-30)17-11-15-22(3)13-9-12-21(2)14-10-16-24(5)26(7)31/h14,18-19,22-25,27-31H,7-13,15-17,20H2,1-6H3/b21-14+. The molecule has 0 saturated carbocycles. The minimum Gasteiger partial charge on any atom is -0.513 e. The van der Waals surface area contributed by atoms with Crippen LogP contribution in [0.5, 0.6) is 0 Å². The molecule has 7 atom stereocenters. The van der Waals surface area contributed by atoms with Gasteiger partial charge >= 0.3 is 0 Å². The van der Waals surface area contributed by atoms with Crippen molar-refractivity contribution in [1.29, 1.82) is 0 Å². The summed E-state index contributed by atoms with van der Waals surface area (Å²) >= 11 is 0. The Morgan fingerprint density at radius 3 is 2.41 bits per heavy atom. The largest absolute Gasteiger partial charge is 0.513 e. The molecule has 186 valence electrons. The summed E-state index contributed by atoms with van der Waals surface area (Å²) in [5, 5.41) is 19.3. The summed E-state index contributed by atoms with van der Waals surface area (Å²) in [6.45, 7) is 17.1. The van der Waals surface area contributed by atoms with Gasteiger partial charge in [0.2, 0.25) is 0 Å². The Morgan fingerprint density at radius 1 is 1.09 bits per heavy atom. The Balaban J connectivity index is 2.28. The molecule has 0 aromatic rings. The lowest BCUT2D eigenvalue weighted by molar-refractivity contribution is -0.0926. The smallest absolute Gasteiger partial charge is 0.0879 e. The predicted molar refractivity (Wildman–Crippen MR) is 138 cm³/mol. The topological polar surface area (TPSA) is 49.7 Å². The van der Waals surface area contributed by atoms with Gasteiger partial charge in [0, 0.05) is 11.8 Å². The van der Waals surface area contributed by atoms with Crippen molar-refractivity contribution in [3.8, 4) is 0 Å². The van der Waals surface area contributed by atoms with Crippen LogP contribution in [0.4, 0.5) is 0 Å². The van der Waals surface area contributed by atoms with Crippen LogP contribution in [0.2, 0.25) is 0 Å². The van der Waals surface area contributed by atoms with Crippen molar-refractivity contribution in [3.05, 3.63) is 36.1 Å². The lowest BCUT2D eigenvalue weighted by atomic mass is 9.77. The Hall–Kier alpha value is -1.06. The third-order valence-electron chi connectivity index (χ3n) is 7.61. The summed E-state index contributed by atoms with van der Waals surface area (Å²) in [6.07, 6.45) is 17.1. The van der Waals surface area contributed by atoms with E-state index in [-0.39, 0.29) is 24.7 Å². The van der Waals surface area contributed by atoms with Gasteiger partial charge < -0.3 is 14.9 Å². The average molecular weight is 449 g/mol. The van der Waals surface area contributed by atoms with Crippen molar-refractivity contribution in [1.82, 2.24) is 0 Å². The molecule has 0 bridgehead atoms. The minimum absolute atomic E-state index is 0.0371. The van der Waals surface area contributed by atoms with Crippen LogP contribution in [0, 0.1) is 29.6 Å². The van der Waals surface area contributed by atoms with Crippen molar-refractivity contribution < 1.29 is 14.9 Å². The van der Waals surface area contributed by atoms with Gasteiger partial charge in [0.15, 0.2) is 0 Å². The number of hydrogen-bond acceptors (Lipinski definition) is 3. The molecular weight excluding hydrogens is 396 g/mol. The fourth-order valence-corrected chi connectivity index (χ4v) is 4.73. The van der Waals surface area contributed by atoms with E-state index in [1.165, 1.54) is 24.8 Å². The van der Waals surface area contributed by atoms with Crippen molar-refractivity contribution in [2.45, 2.75) is 112 Å². The molecule has 0 fully saturated rings. The Morgan fingerprint density at radius 2 is 1.78 bits per heavy atom. The summed E-state index contributed by atoms with van der Waals surface area (Å²) in [6, 6.07) is 0. The lowest BCUT2D eigenvalue weighted by Crippen LogP contribution is -2.39. The van der Waals surface area contributed by atoms with Gasteiger partial charge in [-0.05, 0) is 63.2 Å². The molecule has 3 nitrogen and oxygen atoms in total. The van der Waals surface area contributed by atoms with E-state index in [4.69, 9.17) is 4.74 Å². The quantitative estimate of drug-likeness (QED) is 0.186. The van der Waals surface area contributed by atoms with E-state index in [1.54, 1.807) is 0 Å². The highest BCUT2D eigenvalue weighted by molar-refractivity contribution is 5.04. The van der Waals surface area contributed by atoms with E-state index in [9.17, 15) is 10.2 Å². The highest BCUT2D eigenvalue weighted by atomic mass is 16.5. The Labute approximate surface area is 199 Å². The van der Waals surface area contributed by atoms with Gasteiger partial charge in [0.05, 0.1) is 24.6 Å². The first-order chi connectivity index (χ1) is 15.2. The molecule has 3 heteroatoms. The van der Waals surface area contributed by atoms with Crippen LogP contribution in [0.25, 0.3) is 0 Å². The first kappa shape index (κ1) is 29.0. The van der Waals surface area contributed by atoms with E-state index in [2.05, 4.69) is 59.4 Å². The maximum Gasteiger partial charge on any atom is 0.0879 e. The van der Waals surface area contributed by atoms with Crippen LogP contribution in [0.15, 0.2) is 36.1 Å². The molecule has 0 amide bonds. The van der Waals surface area contributed by atoms with Crippen molar-refractivity contribution in [3.63, 3.8) is 0 Å². The predicted octanol–water partition coefficient (Wildman–Crippen LogP) is 8.01. The minimum atomic E-state index is -0.0371. The third kappa shape index (κ3) is 10.7. The normalized spacial score (nSPS) is 26.7. The second-order valence-electron chi connectivity index (χ2n) is 10.5. The summed E-state index contributed by atoms with van der Waals surface area (Å²) in [5.41, 5.74) is 1.46. The maximum atomic E-state index is 9.90. The Kier molecular flexibility index (Phi) is 14.2. The molecule has 0 spiro atoms. The van der Waals surface area contributed by atoms with Crippen molar-refractivity contribution >= 4 is 0 Å². The van der Waals surface area contributed by atoms with Crippen LogP contribution in [-0.2, 0) is 4.74 Å². The number of hydrogen-bond donors (Lipinski definition) is 2. The van der Waals surface area contributed by atoms with Gasteiger partial charge in [0.25, 0.3) is 0 Å². The van der Waals surface area contributed by atoms with E-state index >= 15 is 0 Å². The molecule has 32 heavy (non-hydrogen) atoms. The highest BCUT2D eigenvalue weighted by Gasteiger charge is 2.33. The van der Waals surface area contributed by atoms with E-state index < -0.39 is 0 Å². The second-order valence-corrected chi connectivity index (χ2v) is 10.5. The zero-order valence-electron chi connectivity index (χ0n) is 21.9. The van der Waals surface area contributed by atoms with Gasteiger partial charge in [-0.2, -0.15) is 0 Å². The fraction of sp³-hybridized carbons (Fsp3) is 0.793. The van der Waals surface area contributed by atoms with Crippen LogP contribution >= 0.6 is 0 Å². The summed E-state index contributed by atoms with van der Waals surface area (Å²) in [4.78, 5) is 0. The summed E-state index contributed by atoms with van der Waals surface area (Å²) in [5.74, 6) is 2.69. The molecule has 0 saturated heterocycles. The molecule has 1 aliphatic carbocycles. The van der Waals surface area contributed by atoms with E-state index in [1.807, 2.05) is 6.92 Å². The third-order valence-corrected chi connectivity index (χ3v) is 7.61. The van der Waals surface area contributed by atoms with Gasteiger partial charge in [-0.25, -0.2) is 0 Å². The molecule has 7 unspecified atom stereocenters. The molecule has 0 radical (unpaired) electrons. The monoisotopic (exact) mass is 448 g/mol. The number of rotatable bonds is 16. The first-order valence-electron chi connectivity index (χ1n) is 13.2. The van der Waals surface area contributed by atoms with E-state index in [0.29, 0.717) is 29.4 Å². The summed E-state index contributed by atoms with van der Waals surface area (Å²) < 4.78 is 6.46. The van der Waals surface area contributed by atoms with Gasteiger partial charge in [0.1, 0.15) is 0 Å². The number of aliphatic hydroxyl groups excluding tert-OH is 2. The van der Waals surface area contributed by atoms with Gasteiger partial charge in [-0.1, -0.05) is 84.3 Å². The van der Waals surface area contributed by atoms with Gasteiger partial charge in [-0.3, -0.25) is 0 Å². The molecule has 1 aliphatic rings. The fourth-order valence-electron chi connectivity index (χ4n) is 4.73. The van der Waals surface area contributed by atoms with Gasteiger partial charge in [-0.15, -0.1) is 0 Å². The second kappa shape index (κ2) is 15.7. The maximum absolute atomic E-state index is 9.90. The van der Waals surface area contributed by atoms with Crippen molar-refractivity contribution in [2.75, 3.05) is 6.61 Å². The molecule has 0 aliphatic heterocycles. The van der Waals surface area contributed by atoms with Crippen LogP contribution in [-0.4, -0.2) is 29.0 Å². The molecular formula is C29H52O3. The molecule has 1 rings (SSSR count). The first-order valence-corrected chi connectivity index (χ1v) is 13.2. The molecule has 0 heterocycles. The van der Waals surface area contributed by atoms with Crippen LogP contribution in [0.1, 0.15) is 99.3 Å². The molecule has 0 aromatic heterocycles. The zero-order chi connectivity index (χ0) is 24.1. The summed E-state index contributed by atoms with van der Waals surface area (Å²) in [7, 11) is 0. The SMILES string of the molecule is C=C(O)C(C)CC/C=C(\C)CCCC(C)CCCC(CO)OC1C(CC)C=CC(C)C1C. The van der Waals surface area contributed by atoms with Crippen molar-refractivity contribution in [2.24, 2.45) is 29.6 Å². The Bertz CT molecular complexity index is 579. The van der Waals surface area contributed by atoms with Crippen LogP contribution < -0.4 is 0 Å². The number of ether oxygens (including phenoxy) is 1. The van der Waals surface area contributed by atoms with Crippen LogP contribution in [0.3, 0.4) is 0 Å². The van der Waals surface area contributed by atoms with E-state index in [0.717, 1.165) is 38.5 Å². The average Bonchev–Trinajstić information content (AvgIpc) is 2.75. The lowest BCUT2D eigenvalue weighted by Gasteiger charge is -2.38. The number of aliphatic hydroxyl groups is 2. The molecule has 0 aromatic carbocycles. The molecule has 2 N–H and O–H groups in total. The number of allylic oxidation sites excluding steroid dienone is 4.